The van der Waals surface area contributed by atoms with Crippen LogP contribution in [0.3, 0.4) is 0 Å². The molecule has 0 unspecified atom stereocenters. The molecule has 0 heterocycles. The number of primary amides is 1. The number of hydrogen-bond acceptors (Lipinski definition) is 4. The quantitative estimate of drug-likeness (QED) is 0.488. The molecule has 1 amide bonds. The zero-order valence-corrected chi connectivity index (χ0v) is 8.03. The highest BCUT2D eigenvalue weighted by Gasteiger charge is 2.23. The second-order valence-corrected chi connectivity index (χ2v) is 4.29. The topological polar surface area (TPSA) is 135 Å². The first kappa shape index (κ1) is 12.8. The molecule has 0 saturated carbocycles. The van der Waals surface area contributed by atoms with Crippen molar-refractivity contribution in [2.24, 2.45) is 11.7 Å². The molecule has 0 aromatic rings. The fraction of sp³-hybridized carbons (Fsp3) is 0.667. The van der Waals surface area contributed by atoms with Gasteiger partial charge in [0.15, 0.2) is 0 Å². The first-order chi connectivity index (χ1) is 6.22. The van der Waals surface area contributed by atoms with Gasteiger partial charge in [0, 0.05) is 6.42 Å². The minimum atomic E-state index is -4.35. The Morgan fingerprint density at radius 3 is 2.14 bits per heavy atom. The summed E-state index contributed by atoms with van der Waals surface area (Å²) in [4.78, 5) is 20.8. The van der Waals surface area contributed by atoms with Crippen LogP contribution in [-0.2, 0) is 19.7 Å². The van der Waals surface area contributed by atoms with E-state index in [4.69, 9.17) is 15.4 Å². The van der Waals surface area contributed by atoms with Crippen LogP contribution < -0.4 is 5.73 Å². The van der Waals surface area contributed by atoms with Crippen molar-refractivity contribution in [3.05, 3.63) is 0 Å². The van der Waals surface area contributed by atoms with Crippen molar-refractivity contribution < 1.29 is 27.7 Å². The molecule has 14 heavy (non-hydrogen) atoms. The molecule has 0 aromatic carbocycles. The lowest BCUT2D eigenvalue weighted by Crippen LogP contribution is -2.25. The maximum absolute atomic E-state index is 10.5. The lowest BCUT2D eigenvalue weighted by Gasteiger charge is -2.08. The predicted octanol–water partition coefficient (Wildman–Crippen LogP) is -1.16. The number of rotatable bonds is 6. The Labute approximate surface area is 80.6 Å². The van der Waals surface area contributed by atoms with Gasteiger partial charge in [-0.1, -0.05) is 0 Å². The maximum Gasteiger partial charge on any atom is 0.307 e. The third-order valence-electron chi connectivity index (χ3n) is 1.50. The fourth-order valence-electron chi connectivity index (χ4n) is 0.849. The van der Waals surface area contributed by atoms with Crippen molar-refractivity contribution in [2.75, 3.05) is 5.75 Å². The van der Waals surface area contributed by atoms with Crippen LogP contribution in [0.2, 0.25) is 0 Å². The number of hydrogen-bond donors (Lipinski definition) is 3. The van der Waals surface area contributed by atoms with E-state index in [2.05, 4.69) is 0 Å². The Bertz CT molecular complexity index is 321. The predicted molar refractivity (Wildman–Crippen MR) is 46.0 cm³/mol. The van der Waals surface area contributed by atoms with Gasteiger partial charge in [0.05, 0.1) is 11.7 Å². The molecule has 0 aromatic heterocycles. The van der Waals surface area contributed by atoms with Crippen molar-refractivity contribution in [1.29, 1.82) is 0 Å². The molecule has 0 aliphatic rings. The van der Waals surface area contributed by atoms with Gasteiger partial charge in [-0.25, -0.2) is 0 Å². The number of carboxylic acids is 1. The minimum Gasteiger partial charge on any atom is -0.481 e. The van der Waals surface area contributed by atoms with Crippen LogP contribution in [-0.4, -0.2) is 35.7 Å². The molecule has 0 spiro atoms. The monoisotopic (exact) mass is 225 g/mol. The van der Waals surface area contributed by atoms with Gasteiger partial charge in [0.1, 0.15) is 0 Å². The smallest absolute Gasteiger partial charge is 0.307 e. The number of carboxylic acid groups (broad SMARTS) is 1. The Hall–Kier alpha value is -1.15. The summed E-state index contributed by atoms with van der Waals surface area (Å²) in [6, 6.07) is 0. The number of carbonyl (C=O) groups is 2. The van der Waals surface area contributed by atoms with Gasteiger partial charge in [-0.05, 0) is 6.42 Å². The van der Waals surface area contributed by atoms with Crippen LogP contribution in [0.15, 0.2) is 0 Å². The number of carbonyl (C=O) groups excluding carboxylic acids is 1. The van der Waals surface area contributed by atoms with E-state index >= 15 is 0 Å². The average Bonchev–Trinajstić information content (AvgIpc) is 1.94. The molecule has 0 bridgehead atoms. The Morgan fingerprint density at radius 2 is 1.86 bits per heavy atom. The summed E-state index contributed by atoms with van der Waals surface area (Å²) >= 11 is 0. The molecule has 0 rings (SSSR count). The first-order valence-electron chi connectivity index (χ1n) is 3.68. The van der Waals surface area contributed by atoms with E-state index < -0.39 is 33.7 Å². The van der Waals surface area contributed by atoms with Crippen LogP contribution in [0.4, 0.5) is 0 Å². The molecule has 0 aliphatic carbocycles. The zero-order chi connectivity index (χ0) is 11.4. The van der Waals surface area contributed by atoms with E-state index in [9.17, 15) is 18.0 Å². The average molecular weight is 225 g/mol. The molecular weight excluding hydrogens is 214 g/mol. The summed E-state index contributed by atoms with van der Waals surface area (Å²) in [5, 5.41) is 8.52. The first-order valence-corrected chi connectivity index (χ1v) is 5.29. The molecule has 4 N–H and O–H groups in total. The summed E-state index contributed by atoms with van der Waals surface area (Å²) in [5.41, 5.74) is 4.76. The SMILES string of the molecule is NC(=O)CC[C@@H](CS(=O)(=O)O)C(=O)O. The number of aliphatic carboxylic acids is 1. The molecule has 7 nitrogen and oxygen atoms in total. The van der Waals surface area contributed by atoms with E-state index in [0.29, 0.717) is 0 Å². The normalized spacial score (nSPS) is 13.5. The largest absolute Gasteiger partial charge is 0.481 e. The summed E-state index contributed by atoms with van der Waals surface area (Å²) in [5.74, 6) is -4.32. The lowest BCUT2D eigenvalue weighted by atomic mass is 10.1. The Balaban J connectivity index is 4.32. The van der Waals surface area contributed by atoms with E-state index in [1.54, 1.807) is 0 Å². The minimum absolute atomic E-state index is 0.204. The van der Waals surface area contributed by atoms with Gasteiger partial charge in [-0.3, -0.25) is 14.1 Å². The molecular formula is C6H11NO6S. The van der Waals surface area contributed by atoms with Crippen molar-refractivity contribution >= 4 is 22.0 Å². The van der Waals surface area contributed by atoms with E-state index in [-0.39, 0.29) is 12.8 Å². The molecule has 8 heteroatoms. The molecule has 82 valence electrons. The van der Waals surface area contributed by atoms with Gasteiger partial charge >= 0.3 is 5.97 Å². The maximum atomic E-state index is 10.5. The third kappa shape index (κ3) is 6.38. The Morgan fingerprint density at radius 1 is 1.36 bits per heavy atom. The van der Waals surface area contributed by atoms with E-state index in [1.165, 1.54) is 0 Å². The fourth-order valence-corrected chi connectivity index (χ4v) is 1.67. The van der Waals surface area contributed by atoms with Gasteiger partial charge < -0.3 is 10.8 Å². The van der Waals surface area contributed by atoms with Gasteiger partial charge in [0.2, 0.25) is 5.91 Å². The second-order valence-electron chi connectivity index (χ2n) is 2.79. The molecule has 0 aliphatic heterocycles. The molecule has 0 saturated heterocycles. The highest BCUT2D eigenvalue weighted by atomic mass is 32.2. The van der Waals surface area contributed by atoms with Gasteiger partial charge in [0.25, 0.3) is 10.1 Å². The van der Waals surface area contributed by atoms with Crippen molar-refractivity contribution in [2.45, 2.75) is 12.8 Å². The number of nitrogens with two attached hydrogens (primary N) is 1. The molecule has 0 radical (unpaired) electrons. The van der Waals surface area contributed by atoms with Crippen molar-refractivity contribution in [1.82, 2.24) is 0 Å². The lowest BCUT2D eigenvalue weighted by molar-refractivity contribution is -0.141. The third-order valence-corrected chi connectivity index (χ3v) is 2.32. The highest BCUT2D eigenvalue weighted by molar-refractivity contribution is 7.85. The second kappa shape index (κ2) is 4.91. The van der Waals surface area contributed by atoms with Crippen LogP contribution >= 0.6 is 0 Å². The summed E-state index contributed by atoms with van der Waals surface area (Å²) < 4.78 is 29.1. The molecule has 0 fully saturated rings. The van der Waals surface area contributed by atoms with Crippen LogP contribution in [0.1, 0.15) is 12.8 Å². The van der Waals surface area contributed by atoms with Crippen LogP contribution in [0.5, 0.6) is 0 Å². The van der Waals surface area contributed by atoms with E-state index in [1.807, 2.05) is 0 Å². The standard InChI is InChI=1S/C6H11NO6S/c7-5(8)2-1-4(6(9)10)3-14(11,12)13/h4H,1-3H2,(H2,7,8)(H,9,10)(H,11,12,13)/t4-/m0/s1. The van der Waals surface area contributed by atoms with E-state index in [0.717, 1.165) is 0 Å². The summed E-state index contributed by atoms with van der Waals surface area (Å²) in [6.07, 6.45) is -0.434. The summed E-state index contributed by atoms with van der Waals surface area (Å²) in [7, 11) is -4.35. The van der Waals surface area contributed by atoms with Crippen molar-refractivity contribution in [3.63, 3.8) is 0 Å². The van der Waals surface area contributed by atoms with Crippen LogP contribution in [0, 0.1) is 5.92 Å². The van der Waals surface area contributed by atoms with Gasteiger partial charge in [-0.15, -0.1) is 0 Å². The van der Waals surface area contributed by atoms with Crippen molar-refractivity contribution in [3.8, 4) is 0 Å². The summed E-state index contributed by atoms with van der Waals surface area (Å²) in [6.45, 7) is 0. The Kier molecular flexibility index (Phi) is 4.51. The van der Waals surface area contributed by atoms with Crippen LogP contribution in [0.25, 0.3) is 0 Å². The van der Waals surface area contributed by atoms with Gasteiger partial charge in [-0.2, -0.15) is 8.42 Å². The zero-order valence-electron chi connectivity index (χ0n) is 7.21. The highest BCUT2D eigenvalue weighted by Crippen LogP contribution is 2.09. The molecule has 1 atom stereocenters. The number of amides is 1.